The van der Waals surface area contributed by atoms with Gasteiger partial charge >= 0.3 is 12.3 Å². The van der Waals surface area contributed by atoms with E-state index in [1.54, 1.807) is 19.9 Å². The highest BCUT2D eigenvalue weighted by Crippen LogP contribution is 2.27. The van der Waals surface area contributed by atoms with Crippen molar-refractivity contribution in [3.8, 4) is 0 Å². The second-order valence-corrected chi connectivity index (χ2v) is 5.96. The van der Waals surface area contributed by atoms with Gasteiger partial charge < -0.3 is 19.0 Å². The van der Waals surface area contributed by atoms with Crippen molar-refractivity contribution in [1.29, 1.82) is 0 Å². The summed E-state index contributed by atoms with van der Waals surface area (Å²) in [6.07, 6.45) is 3.62. The third-order valence-corrected chi connectivity index (χ3v) is 3.82. The molecule has 0 atom stereocenters. The van der Waals surface area contributed by atoms with Gasteiger partial charge in [0.15, 0.2) is 0 Å². The van der Waals surface area contributed by atoms with Gasteiger partial charge in [0.1, 0.15) is 23.9 Å². The zero-order valence-electron chi connectivity index (χ0n) is 18.9. The molecule has 0 aromatic carbocycles. The molecule has 32 heavy (non-hydrogen) atoms. The van der Waals surface area contributed by atoms with Crippen LogP contribution >= 0.6 is 0 Å². The van der Waals surface area contributed by atoms with Crippen LogP contribution in [0, 0.1) is 6.92 Å². The van der Waals surface area contributed by atoms with E-state index in [9.17, 15) is 18.0 Å². The van der Waals surface area contributed by atoms with E-state index in [4.69, 9.17) is 14.3 Å². The summed E-state index contributed by atoms with van der Waals surface area (Å²) in [5, 5.41) is 8.93. The molecule has 0 bridgehead atoms. The number of hydrogen-bond acceptors (Lipinski definition) is 4. The Balaban J connectivity index is 0.00000466. The van der Waals surface area contributed by atoms with Crippen molar-refractivity contribution in [2.75, 3.05) is 0 Å². The lowest BCUT2D eigenvalue weighted by atomic mass is 10.1. The van der Waals surface area contributed by atoms with Crippen molar-refractivity contribution >= 4 is 5.97 Å². The van der Waals surface area contributed by atoms with Gasteiger partial charge in [0.05, 0.1) is 0 Å². The lowest BCUT2D eigenvalue weighted by Gasteiger charge is -2.14. The number of aromatic carboxylic acids is 1. The lowest BCUT2D eigenvalue weighted by Crippen LogP contribution is -2.13. The van der Waals surface area contributed by atoms with Crippen LogP contribution in [0.1, 0.15) is 49.6 Å². The third kappa shape index (κ3) is 10.1. The monoisotopic (exact) mass is 454 g/mol. The minimum absolute atomic E-state index is 0.0241. The number of rotatable bonds is 10. The van der Waals surface area contributed by atoms with Crippen LogP contribution in [-0.4, -0.2) is 17.4 Å². The van der Waals surface area contributed by atoms with Crippen molar-refractivity contribution < 1.29 is 37.0 Å². The van der Waals surface area contributed by atoms with Gasteiger partial charge in [-0.1, -0.05) is 51.3 Å². The van der Waals surface area contributed by atoms with E-state index >= 15 is 0 Å². The summed E-state index contributed by atoms with van der Waals surface area (Å²) >= 11 is 0. The van der Waals surface area contributed by atoms with Crippen LogP contribution < -0.4 is 0 Å². The van der Waals surface area contributed by atoms with E-state index < -0.39 is 12.3 Å². The number of ether oxygens (including phenoxy) is 2. The van der Waals surface area contributed by atoms with Gasteiger partial charge in [0.2, 0.25) is 5.76 Å². The average Bonchev–Trinajstić information content (AvgIpc) is 3.11. The molecule has 0 aliphatic heterocycles. The van der Waals surface area contributed by atoms with Crippen LogP contribution in [0.25, 0.3) is 0 Å². The fraction of sp³-hybridized carbons (Fsp3) is 0.292. The average molecular weight is 454 g/mol. The number of carboxylic acids is 1. The molecule has 1 rings (SSSR count). The summed E-state index contributed by atoms with van der Waals surface area (Å²) in [4.78, 5) is 10.9. The van der Waals surface area contributed by atoms with E-state index in [0.717, 1.165) is 0 Å². The van der Waals surface area contributed by atoms with E-state index in [1.165, 1.54) is 43.4 Å². The predicted octanol–water partition coefficient (Wildman–Crippen LogP) is 7.40. The zero-order chi connectivity index (χ0) is 24.9. The molecule has 1 aromatic heterocycles. The van der Waals surface area contributed by atoms with Gasteiger partial charge in [0.25, 0.3) is 0 Å². The van der Waals surface area contributed by atoms with Crippen LogP contribution in [0.4, 0.5) is 13.2 Å². The molecular weight excluding hydrogens is 425 g/mol. The molecule has 0 saturated heterocycles. The minimum atomic E-state index is -4.84. The van der Waals surface area contributed by atoms with Crippen LogP contribution in [0.15, 0.2) is 82.8 Å². The first-order valence-corrected chi connectivity index (χ1v) is 9.73. The Morgan fingerprint density at radius 2 is 1.88 bits per heavy atom. The summed E-state index contributed by atoms with van der Waals surface area (Å²) in [5.74, 6) is -1.14. The Bertz CT molecular complexity index is 913. The quantitative estimate of drug-likeness (QED) is 0.295. The van der Waals surface area contributed by atoms with Crippen molar-refractivity contribution in [3.05, 3.63) is 95.4 Å². The van der Waals surface area contributed by atoms with Gasteiger partial charge in [-0.3, -0.25) is 0 Å². The second-order valence-electron chi connectivity index (χ2n) is 5.96. The Kier molecular flexibility index (Phi) is 12.3. The molecule has 0 spiro atoms. The van der Waals surface area contributed by atoms with Crippen LogP contribution in [0.3, 0.4) is 0 Å². The molecule has 1 aromatic rings. The van der Waals surface area contributed by atoms with E-state index in [2.05, 4.69) is 17.9 Å². The number of furan rings is 1. The number of carbonyl (C=O) groups is 1. The van der Waals surface area contributed by atoms with E-state index in [-0.39, 0.29) is 29.5 Å². The number of allylic oxidation sites excluding steroid dienone is 8. The number of aryl methyl sites for hydroxylation is 1. The molecule has 0 fully saturated rings. The first kappa shape index (κ1) is 28.6. The molecule has 1 heterocycles. The Morgan fingerprint density at radius 1 is 1.25 bits per heavy atom. The fourth-order valence-corrected chi connectivity index (χ4v) is 2.27. The third-order valence-electron chi connectivity index (χ3n) is 3.82. The number of alkyl halides is 3. The SMILES string of the molecule is C=C\C=C/C(OC(F)(F)F)=C(C)/C(/C=C\C(=C)OCc1cc(C(=O)O)oc1C)=C/C.CC. The molecule has 5 nitrogen and oxygen atoms in total. The van der Waals surface area contributed by atoms with Crippen molar-refractivity contribution in [3.63, 3.8) is 0 Å². The zero-order valence-corrected chi connectivity index (χ0v) is 18.9. The van der Waals surface area contributed by atoms with E-state index in [0.29, 0.717) is 16.9 Å². The molecule has 0 aliphatic rings. The molecular formula is C24H29F3O5. The van der Waals surface area contributed by atoms with E-state index in [1.807, 2.05) is 13.8 Å². The second kappa shape index (κ2) is 13.8. The van der Waals surface area contributed by atoms with Crippen LogP contribution in [0.5, 0.6) is 0 Å². The highest BCUT2D eigenvalue weighted by atomic mass is 19.4. The Labute approximate surface area is 186 Å². The first-order valence-electron chi connectivity index (χ1n) is 9.73. The number of halogens is 3. The normalized spacial score (nSPS) is 12.8. The molecule has 0 unspecified atom stereocenters. The van der Waals surface area contributed by atoms with Crippen molar-refractivity contribution in [2.45, 2.75) is 47.6 Å². The van der Waals surface area contributed by atoms with Crippen LogP contribution in [-0.2, 0) is 16.1 Å². The highest BCUT2D eigenvalue weighted by Gasteiger charge is 2.32. The van der Waals surface area contributed by atoms with Gasteiger partial charge in [-0.25, -0.2) is 4.79 Å². The maximum absolute atomic E-state index is 12.7. The van der Waals surface area contributed by atoms with Gasteiger partial charge in [-0.2, -0.15) is 0 Å². The van der Waals surface area contributed by atoms with Gasteiger partial charge in [-0.15, -0.1) is 13.2 Å². The maximum Gasteiger partial charge on any atom is 0.573 e. The number of carboxylic acid groups (broad SMARTS) is 1. The highest BCUT2D eigenvalue weighted by molar-refractivity contribution is 5.84. The van der Waals surface area contributed by atoms with Gasteiger partial charge in [-0.05, 0) is 50.1 Å². The molecule has 0 saturated carbocycles. The molecule has 0 amide bonds. The maximum atomic E-state index is 12.7. The molecule has 0 aliphatic carbocycles. The summed E-state index contributed by atoms with van der Waals surface area (Å²) in [6.45, 7) is 15.9. The van der Waals surface area contributed by atoms with Crippen molar-refractivity contribution in [2.24, 2.45) is 0 Å². The summed E-state index contributed by atoms with van der Waals surface area (Å²) in [7, 11) is 0. The fourth-order valence-electron chi connectivity index (χ4n) is 2.27. The largest absolute Gasteiger partial charge is 0.573 e. The van der Waals surface area contributed by atoms with Crippen LogP contribution in [0.2, 0.25) is 0 Å². The number of hydrogen-bond donors (Lipinski definition) is 1. The standard InChI is InChI=1S/C22H23F3O5.C2H6/c1-6-8-9-19(30-22(23,24)25)15(4)17(7-2)11-10-14(3)28-13-18-12-20(21(26)27)29-16(18)5;1-2/h6-12H,1,3,13H2,2,4-5H3,(H,26,27);1-2H3/b9-8-,11-10-,17-7+,19-15-;. The van der Waals surface area contributed by atoms with Gasteiger partial charge in [0, 0.05) is 5.56 Å². The Hall–Kier alpha value is -3.42. The summed E-state index contributed by atoms with van der Waals surface area (Å²) in [6, 6.07) is 1.35. The summed E-state index contributed by atoms with van der Waals surface area (Å²) in [5.41, 5.74) is 1.24. The predicted molar refractivity (Wildman–Crippen MR) is 118 cm³/mol. The molecule has 8 heteroatoms. The summed E-state index contributed by atoms with van der Waals surface area (Å²) < 4.78 is 52.7. The smallest absolute Gasteiger partial charge is 0.489 e. The lowest BCUT2D eigenvalue weighted by molar-refractivity contribution is -0.303. The topological polar surface area (TPSA) is 68.9 Å². The first-order chi connectivity index (χ1) is 15.0. The Morgan fingerprint density at radius 3 is 2.34 bits per heavy atom. The molecule has 0 radical (unpaired) electrons. The molecule has 1 N–H and O–H groups in total. The molecule has 176 valence electrons. The minimum Gasteiger partial charge on any atom is -0.489 e. The van der Waals surface area contributed by atoms with Crippen molar-refractivity contribution in [1.82, 2.24) is 0 Å².